The lowest BCUT2D eigenvalue weighted by atomic mass is 10.0. The van der Waals surface area contributed by atoms with Crippen LogP contribution in [0.5, 0.6) is 0 Å². The van der Waals surface area contributed by atoms with Crippen LogP contribution in [-0.2, 0) is 28.9 Å². The second-order valence-corrected chi connectivity index (χ2v) is 7.75. The quantitative estimate of drug-likeness (QED) is 0.507. The Bertz CT molecular complexity index is 429. The molecule has 0 saturated heterocycles. The Morgan fingerprint density at radius 3 is 2.27 bits per heavy atom. The molecule has 130 valence electrons. The van der Waals surface area contributed by atoms with Crippen molar-refractivity contribution in [1.29, 1.82) is 0 Å². The highest BCUT2D eigenvalue weighted by molar-refractivity contribution is 7.90. The zero-order valence-electron chi connectivity index (χ0n) is 13.8. The van der Waals surface area contributed by atoms with Crippen LogP contribution < -0.4 is 0 Å². The molecule has 0 fully saturated rings. The Morgan fingerprint density at radius 2 is 1.73 bits per heavy atom. The van der Waals surface area contributed by atoms with E-state index in [4.69, 9.17) is 9.47 Å². The van der Waals surface area contributed by atoms with Gasteiger partial charge in [0.2, 0.25) is 0 Å². The molecule has 0 aliphatic carbocycles. The van der Waals surface area contributed by atoms with Crippen molar-refractivity contribution in [2.75, 3.05) is 25.2 Å². The minimum absolute atomic E-state index is 0.0194. The van der Waals surface area contributed by atoms with E-state index in [9.17, 15) is 18.0 Å². The standard InChI is InChI=1S/C15H28O6S/c1-4-6-8-13(5-2)11-20-15(17)12-21-14(16)9-7-10-22(3,18)19/h13H,4-12H2,1-3H3. The second kappa shape index (κ2) is 11.5. The number of ether oxygens (including phenoxy) is 2. The lowest BCUT2D eigenvalue weighted by Gasteiger charge is -2.14. The smallest absolute Gasteiger partial charge is 0.344 e. The summed E-state index contributed by atoms with van der Waals surface area (Å²) in [7, 11) is -3.08. The number of sulfone groups is 1. The maximum atomic E-state index is 11.5. The van der Waals surface area contributed by atoms with E-state index in [0.717, 1.165) is 31.9 Å². The van der Waals surface area contributed by atoms with Crippen LogP contribution in [0.1, 0.15) is 52.4 Å². The number of carbonyl (C=O) groups is 2. The third-order valence-electron chi connectivity index (χ3n) is 3.27. The summed E-state index contributed by atoms with van der Waals surface area (Å²) >= 11 is 0. The van der Waals surface area contributed by atoms with Crippen molar-refractivity contribution in [3.8, 4) is 0 Å². The summed E-state index contributed by atoms with van der Waals surface area (Å²) in [5.74, 6) is -0.873. The van der Waals surface area contributed by atoms with Crippen molar-refractivity contribution in [1.82, 2.24) is 0 Å². The number of rotatable bonds is 12. The second-order valence-electron chi connectivity index (χ2n) is 5.49. The lowest BCUT2D eigenvalue weighted by molar-refractivity contribution is -0.159. The van der Waals surface area contributed by atoms with Gasteiger partial charge in [-0.05, 0) is 18.8 Å². The summed E-state index contributed by atoms with van der Waals surface area (Å²) in [6.45, 7) is 4.10. The fraction of sp³-hybridized carbons (Fsp3) is 0.867. The molecule has 0 heterocycles. The molecule has 0 aliphatic rings. The first-order valence-corrected chi connectivity index (χ1v) is 9.83. The SMILES string of the molecule is CCCCC(CC)COC(=O)COC(=O)CCCS(C)(=O)=O. The summed E-state index contributed by atoms with van der Waals surface area (Å²) in [4.78, 5) is 22.8. The minimum Gasteiger partial charge on any atom is -0.463 e. The van der Waals surface area contributed by atoms with Gasteiger partial charge in [0.1, 0.15) is 9.84 Å². The van der Waals surface area contributed by atoms with Crippen LogP contribution in [0, 0.1) is 5.92 Å². The van der Waals surface area contributed by atoms with E-state index < -0.39 is 28.4 Å². The summed E-state index contributed by atoms with van der Waals surface area (Å²) in [6, 6.07) is 0. The number of carbonyl (C=O) groups excluding carboxylic acids is 2. The van der Waals surface area contributed by atoms with Gasteiger partial charge in [0.15, 0.2) is 6.61 Å². The molecule has 1 unspecified atom stereocenters. The van der Waals surface area contributed by atoms with Gasteiger partial charge in [-0.2, -0.15) is 0 Å². The van der Waals surface area contributed by atoms with Crippen LogP contribution in [0.4, 0.5) is 0 Å². The molecule has 0 radical (unpaired) electrons. The fourth-order valence-electron chi connectivity index (χ4n) is 1.84. The van der Waals surface area contributed by atoms with Crippen LogP contribution in [0.15, 0.2) is 0 Å². The van der Waals surface area contributed by atoms with E-state index in [2.05, 4.69) is 13.8 Å². The highest BCUT2D eigenvalue weighted by Gasteiger charge is 2.13. The monoisotopic (exact) mass is 336 g/mol. The molecule has 1 atom stereocenters. The van der Waals surface area contributed by atoms with Gasteiger partial charge in [0, 0.05) is 12.7 Å². The Kier molecular flexibility index (Phi) is 10.9. The van der Waals surface area contributed by atoms with Gasteiger partial charge in [-0.3, -0.25) is 4.79 Å². The number of esters is 2. The third kappa shape index (κ3) is 12.6. The van der Waals surface area contributed by atoms with Crippen LogP contribution in [0.25, 0.3) is 0 Å². The number of hydrogen-bond acceptors (Lipinski definition) is 6. The Hall–Kier alpha value is -1.11. The Morgan fingerprint density at radius 1 is 1.05 bits per heavy atom. The van der Waals surface area contributed by atoms with Crippen molar-refractivity contribution >= 4 is 21.8 Å². The normalized spacial score (nSPS) is 12.7. The molecule has 0 amide bonds. The molecule has 7 heteroatoms. The van der Waals surface area contributed by atoms with Crippen molar-refractivity contribution < 1.29 is 27.5 Å². The third-order valence-corrected chi connectivity index (χ3v) is 4.30. The minimum atomic E-state index is -3.08. The van der Waals surface area contributed by atoms with Crippen LogP contribution in [-0.4, -0.2) is 45.6 Å². The van der Waals surface area contributed by atoms with Crippen LogP contribution in [0.2, 0.25) is 0 Å². The maximum absolute atomic E-state index is 11.5. The molecule has 6 nitrogen and oxygen atoms in total. The maximum Gasteiger partial charge on any atom is 0.344 e. The van der Waals surface area contributed by atoms with Gasteiger partial charge in [-0.15, -0.1) is 0 Å². The molecule has 0 aromatic heterocycles. The summed E-state index contributed by atoms with van der Waals surface area (Å²) in [5.41, 5.74) is 0. The van der Waals surface area contributed by atoms with Gasteiger partial charge in [0.25, 0.3) is 0 Å². The number of unbranched alkanes of at least 4 members (excludes halogenated alkanes) is 1. The van der Waals surface area contributed by atoms with E-state index >= 15 is 0 Å². The molecule has 0 rings (SSSR count). The van der Waals surface area contributed by atoms with Gasteiger partial charge >= 0.3 is 11.9 Å². The molecule has 0 saturated carbocycles. The molecule has 0 bridgehead atoms. The fourth-order valence-corrected chi connectivity index (χ4v) is 2.51. The lowest BCUT2D eigenvalue weighted by Crippen LogP contribution is -2.20. The Balaban J connectivity index is 3.81. The van der Waals surface area contributed by atoms with E-state index in [0.29, 0.717) is 12.5 Å². The Labute approximate surface area is 133 Å². The van der Waals surface area contributed by atoms with Crippen molar-refractivity contribution in [3.63, 3.8) is 0 Å². The predicted molar refractivity (Wildman–Crippen MR) is 84.2 cm³/mol. The molecule has 0 spiro atoms. The van der Waals surface area contributed by atoms with Gasteiger partial charge in [-0.1, -0.05) is 33.1 Å². The van der Waals surface area contributed by atoms with E-state index in [-0.39, 0.29) is 18.6 Å². The molecule has 0 aliphatic heterocycles. The molecule has 22 heavy (non-hydrogen) atoms. The van der Waals surface area contributed by atoms with E-state index in [1.165, 1.54) is 0 Å². The van der Waals surface area contributed by atoms with Crippen LogP contribution in [0.3, 0.4) is 0 Å². The topological polar surface area (TPSA) is 86.7 Å². The van der Waals surface area contributed by atoms with Crippen molar-refractivity contribution in [2.24, 2.45) is 5.92 Å². The zero-order valence-corrected chi connectivity index (χ0v) is 14.6. The summed E-state index contributed by atoms with van der Waals surface area (Å²) < 4.78 is 31.7. The van der Waals surface area contributed by atoms with Crippen LogP contribution >= 0.6 is 0 Å². The summed E-state index contributed by atoms with van der Waals surface area (Å²) in [6.07, 6.45) is 5.46. The highest BCUT2D eigenvalue weighted by Crippen LogP contribution is 2.12. The van der Waals surface area contributed by atoms with Gasteiger partial charge in [-0.25, -0.2) is 13.2 Å². The molecule has 0 aromatic rings. The molecule has 0 N–H and O–H groups in total. The van der Waals surface area contributed by atoms with Gasteiger partial charge < -0.3 is 9.47 Å². The van der Waals surface area contributed by atoms with Crippen molar-refractivity contribution in [3.05, 3.63) is 0 Å². The summed E-state index contributed by atoms with van der Waals surface area (Å²) in [5, 5.41) is 0. The average Bonchev–Trinajstić information content (AvgIpc) is 2.44. The average molecular weight is 336 g/mol. The van der Waals surface area contributed by atoms with Gasteiger partial charge in [0.05, 0.1) is 12.4 Å². The first-order valence-electron chi connectivity index (χ1n) is 7.77. The molecular formula is C15H28O6S. The first kappa shape index (κ1) is 20.9. The first-order chi connectivity index (χ1) is 10.3. The zero-order chi connectivity index (χ0) is 17.0. The van der Waals surface area contributed by atoms with E-state index in [1.54, 1.807) is 0 Å². The largest absolute Gasteiger partial charge is 0.463 e. The van der Waals surface area contributed by atoms with Crippen molar-refractivity contribution in [2.45, 2.75) is 52.4 Å². The molecular weight excluding hydrogens is 308 g/mol. The number of hydrogen-bond donors (Lipinski definition) is 0. The molecule has 0 aromatic carbocycles. The van der Waals surface area contributed by atoms with E-state index in [1.807, 2.05) is 0 Å². The highest BCUT2D eigenvalue weighted by atomic mass is 32.2. The predicted octanol–water partition coefficient (Wildman–Crippen LogP) is 2.11.